The molecule has 15 heteroatoms. The second-order valence-corrected chi connectivity index (χ2v) is 18.9. The highest BCUT2D eigenvalue weighted by atomic mass is 35.5. The number of thiazole rings is 1. The third kappa shape index (κ3) is 12.2. The lowest BCUT2D eigenvalue weighted by atomic mass is 9.77. The Morgan fingerprint density at radius 2 is 1.54 bits per heavy atom. The SMILES string of the molecule is Cc1ncsc1-c1ccc(CNC(=O)C2C[C@@H](O)CC2C(=O)[C@@H](NC(=O)COCc2ccc(Oc3ccc(C(=O)NC4CC(Oc5ccc(C#N)c(Cl)c5)C4)cc3)cc2)C(C)(C)C)cc1. The largest absolute Gasteiger partial charge is 0.490 e. The van der Waals surface area contributed by atoms with Gasteiger partial charge in [0.1, 0.15) is 36.0 Å². The number of benzene rings is 4. The molecule has 2 saturated carbocycles. The number of hydrogen-bond acceptors (Lipinski definition) is 11. The summed E-state index contributed by atoms with van der Waals surface area (Å²) in [6.07, 6.45) is 0.739. The Labute approximate surface area is 387 Å². The molecule has 65 heavy (non-hydrogen) atoms. The number of aliphatic hydroxyl groups excluding tert-OH is 1. The molecule has 2 aliphatic rings. The van der Waals surface area contributed by atoms with Gasteiger partial charge in [-0.2, -0.15) is 5.26 Å². The van der Waals surface area contributed by atoms with Crippen LogP contribution in [0, 0.1) is 35.5 Å². The minimum absolute atomic E-state index is 0.0216. The van der Waals surface area contributed by atoms with Gasteiger partial charge in [0.25, 0.3) is 5.91 Å². The van der Waals surface area contributed by atoms with Crippen molar-refractivity contribution in [1.82, 2.24) is 20.9 Å². The van der Waals surface area contributed by atoms with Crippen molar-refractivity contribution >= 4 is 46.4 Å². The molecule has 3 amide bonds. The number of nitriles is 1. The molecule has 0 aliphatic heterocycles. The van der Waals surface area contributed by atoms with Gasteiger partial charge in [-0.3, -0.25) is 19.2 Å². The number of aryl methyl sites for hydroxylation is 1. The summed E-state index contributed by atoms with van der Waals surface area (Å²) in [4.78, 5) is 59.0. The van der Waals surface area contributed by atoms with Crippen LogP contribution < -0.4 is 25.4 Å². The van der Waals surface area contributed by atoms with E-state index in [1.54, 1.807) is 65.9 Å². The Kier molecular flexibility index (Phi) is 15.0. The number of hydrogen-bond donors (Lipinski definition) is 4. The van der Waals surface area contributed by atoms with Crippen molar-refractivity contribution in [3.63, 3.8) is 0 Å². The van der Waals surface area contributed by atoms with Gasteiger partial charge in [0.2, 0.25) is 11.8 Å². The number of amides is 3. The second kappa shape index (κ2) is 20.8. The third-order valence-electron chi connectivity index (χ3n) is 11.7. The summed E-state index contributed by atoms with van der Waals surface area (Å²) in [5.74, 6) is -1.05. The van der Waals surface area contributed by atoms with Crippen LogP contribution in [0.2, 0.25) is 5.02 Å². The van der Waals surface area contributed by atoms with Crippen molar-refractivity contribution in [2.45, 2.75) is 90.8 Å². The summed E-state index contributed by atoms with van der Waals surface area (Å²) in [5, 5.41) is 28.9. The Bertz CT molecular complexity index is 2530. The summed E-state index contributed by atoms with van der Waals surface area (Å²) < 4.78 is 17.6. The molecular formula is C50H52ClN5O8S. The maximum Gasteiger partial charge on any atom is 0.251 e. The highest BCUT2D eigenvalue weighted by Crippen LogP contribution is 2.37. The van der Waals surface area contributed by atoms with Crippen molar-refractivity contribution in [3.05, 3.63) is 129 Å². The average molecular weight is 919 g/mol. The van der Waals surface area contributed by atoms with Gasteiger partial charge < -0.3 is 35.3 Å². The van der Waals surface area contributed by atoms with Gasteiger partial charge in [0.15, 0.2) is 5.78 Å². The minimum atomic E-state index is -0.912. The molecular weight excluding hydrogens is 866 g/mol. The van der Waals surface area contributed by atoms with Gasteiger partial charge >= 0.3 is 0 Å². The van der Waals surface area contributed by atoms with E-state index in [-0.39, 0.29) is 62.3 Å². The molecule has 2 unspecified atom stereocenters. The maximum atomic E-state index is 14.1. The fraction of sp³-hybridized carbons (Fsp3) is 0.360. The molecule has 4 aromatic carbocycles. The molecule has 4 atom stereocenters. The summed E-state index contributed by atoms with van der Waals surface area (Å²) in [5.41, 5.74) is 5.73. The molecule has 1 heterocycles. The Morgan fingerprint density at radius 3 is 2.17 bits per heavy atom. The van der Waals surface area contributed by atoms with Crippen molar-refractivity contribution in [2.75, 3.05) is 6.61 Å². The van der Waals surface area contributed by atoms with Crippen LogP contribution in [-0.2, 0) is 32.3 Å². The van der Waals surface area contributed by atoms with E-state index in [1.807, 2.05) is 75.7 Å². The summed E-state index contributed by atoms with van der Waals surface area (Å²) in [7, 11) is 0. The zero-order chi connectivity index (χ0) is 46.3. The summed E-state index contributed by atoms with van der Waals surface area (Å²) >= 11 is 7.67. The van der Waals surface area contributed by atoms with Gasteiger partial charge in [-0.05, 0) is 90.4 Å². The van der Waals surface area contributed by atoms with Crippen LogP contribution >= 0.6 is 22.9 Å². The maximum absolute atomic E-state index is 14.1. The Morgan fingerprint density at radius 1 is 0.892 bits per heavy atom. The standard InChI is InChI=1S/C50H52ClN5O8S/c1-29-46(65-28-54-29)32-9-5-30(6-10-32)25-53-49(61)42-22-36(57)21-41(42)45(59)47(50(2,3)4)56-44(58)27-62-26-31-7-14-37(15-8-31)63-38-16-11-33(12-17-38)48(60)55-35-19-40(20-35)64-39-18-13-34(24-52)43(51)23-39/h5-18,23,28,35-36,40-42,47,57H,19-22,25-27H2,1-4H3,(H,53,61)(H,55,60)(H,56,58)/t35?,36-,40?,41?,42?,47+/m0/s1. The number of halogens is 1. The van der Waals surface area contributed by atoms with Gasteiger partial charge in [-0.15, -0.1) is 11.3 Å². The van der Waals surface area contributed by atoms with Gasteiger partial charge in [0, 0.05) is 43.0 Å². The summed E-state index contributed by atoms with van der Waals surface area (Å²) in [6, 6.07) is 28.0. The number of aliphatic hydroxyl groups is 1. The number of aromatic nitrogens is 1. The number of Topliss-reactive ketones (excluding diaryl/α,β-unsaturated/α-hetero) is 1. The second-order valence-electron chi connectivity index (χ2n) is 17.7. The number of nitrogens with one attached hydrogen (secondary N) is 3. The summed E-state index contributed by atoms with van der Waals surface area (Å²) in [6.45, 7) is 7.64. The predicted molar refractivity (Wildman–Crippen MR) is 246 cm³/mol. The Balaban J connectivity index is 0.831. The zero-order valence-electron chi connectivity index (χ0n) is 36.6. The van der Waals surface area contributed by atoms with Crippen molar-refractivity contribution in [2.24, 2.45) is 17.3 Å². The first-order valence-corrected chi connectivity index (χ1v) is 22.8. The molecule has 2 aliphatic carbocycles. The van der Waals surface area contributed by atoms with E-state index in [2.05, 4.69) is 20.9 Å². The molecule has 2 fully saturated rings. The minimum Gasteiger partial charge on any atom is -0.490 e. The number of nitrogens with zero attached hydrogens (tertiary/aromatic N) is 2. The van der Waals surface area contributed by atoms with Crippen molar-refractivity contribution < 1.29 is 38.5 Å². The van der Waals surface area contributed by atoms with Crippen LogP contribution in [0.1, 0.15) is 79.2 Å². The quantitative estimate of drug-likeness (QED) is 0.0710. The highest BCUT2D eigenvalue weighted by molar-refractivity contribution is 7.13. The van der Waals surface area contributed by atoms with Gasteiger partial charge in [-0.1, -0.05) is 68.8 Å². The number of rotatable bonds is 17. The Hall–Kier alpha value is -6.11. The molecule has 0 bridgehead atoms. The van der Waals surface area contributed by atoms with Crippen molar-refractivity contribution in [1.29, 1.82) is 5.26 Å². The smallest absolute Gasteiger partial charge is 0.251 e. The molecule has 7 rings (SSSR count). The van der Waals surface area contributed by atoms with E-state index >= 15 is 0 Å². The van der Waals surface area contributed by atoms with Crippen LogP contribution in [0.25, 0.3) is 10.4 Å². The monoisotopic (exact) mass is 917 g/mol. The number of ether oxygens (including phenoxy) is 3. The lowest BCUT2D eigenvalue weighted by Gasteiger charge is -2.35. The molecule has 5 aromatic rings. The number of ketones is 1. The number of carbonyl (C=O) groups is 4. The van der Waals surface area contributed by atoms with E-state index in [1.165, 1.54) is 0 Å². The lowest BCUT2D eigenvalue weighted by molar-refractivity contribution is -0.138. The highest BCUT2D eigenvalue weighted by Gasteiger charge is 2.46. The first-order valence-electron chi connectivity index (χ1n) is 21.5. The van der Waals surface area contributed by atoms with Crippen LogP contribution in [-0.4, -0.2) is 64.5 Å². The molecule has 0 spiro atoms. The predicted octanol–water partition coefficient (Wildman–Crippen LogP) is 8.10. The first kappa shape index (κ1) is 46.9. The topological polar surface area (TPSA) is 189 Å². The van der Waals surface area contributed by atoms with Gasteiger partial charge in [0.05, 0.1) is 51.3 Å². The fourth-order valence-corrected chi connectivity index (χ4v) is 9.07. The van der Waals surface area contributed by atoms with E-state index in [9.17, 15) is 24.3 Å². The molecule has 13 nitrogen and oxygen atoms in total. The van der Waals surface area contributed by atoms with E-state index < -0.39 is 35.3 Å². The molecule has 0 radical (unpaired) electrons. The van der Waals surface area contributed by atoms with Crippen LogP contribution in [0.15, 0.2) is 96.5 Å². The van der Waals surface area contributed by atoms with E-state index in [0.717, 1.165) is 27.3 Å². The van der Waals surface area contributed by atoms with Gasteiger partial charge in [-0.25, -0.2) is 4.98 Å². The average Bonchev–Trinajstić information content (AvgIpc) is 3.89. The number of carbonyl (C=O) groups excluding carboxylic acids is 4. The normalized spacial score (nSPS) is 19.6. The van der Waals surface area contributed by atoms with E-state index in [4.69, 9.17) is 31.1 Å². The van der Waals surface area contributed by atoms with E-state index in [0.29, 0.717) is 46.2 Å². The first-order chi connectivity index (χ1) is 31.1. The lowest BCUT2D eigenvalue weighted by Crippen LogP contribution is -2.53. The van der Waals surface area contributed by atoms with Crippen molar-refractivity contribution in [3.8, 4) is 33.8 Å². The van der Waals surface area contributed by atoms with Crippen LogP contribution in [0.3, 0.4) is 0 Å². The molecule has 338 valence electrons. The zero-order valence-corrected chi connectivity index (χ0v) is 38.2. The van der Waals surface area contributed by atoms with Crippen LogP contribution in [0.5, 0.6) is 17.2 Å². The molecule has 1 aromatic heterocycles. The third-order valence-corrected chi connectivity index (χ3v) is 13.0. The fourth-order valence-electron chi connectivity index (χ4n) is 8.05. The van der Waals surface area contributed by atoms with Crippen LogP contribution in [0.4, 0.5) is 0 Å². The molecule has 4 N–H and O–H groups in total. The molecule has 0 saturated heterocycles.